The van der Waals surface area contributed by atoms with E-state index in [-0.39, 0.29) is 11.6 Å². The van der Waals surface area contributed by atoms with Crippen LogP contribution in [0.25, 0.3) is 0 Å². The summed E-state index contributed by atoms with van der Waals surface area (Å²) in [5, 5.41) is 18.0. The molecule has 0 aliphatic carbocycles. The van der Waals surface area contributed by atoms with Crippen LogP contribution in [0.5, 0.6) is 0 Å². The summed E-state index contributed by atoms with van der Waals surface area (Å²) in [5.74, 6) is -0.317. The molecule has 0 fully saturated rings. The second kappa shape index (κ2) is 8.07. The third-order valence-corrected chi connectivity index (χ3v) is 3.36. The van der Waals surface area contributed by atoms with Gasteiger partial charge in [-0.25, -0.2) is 5.43 Å². The van der Waals surface area contributed by atoms with Crippen LogP contribution in [0.15, 0.2) is 53.6 Å². The van der Waals surface area contributed by atoms with E-state index in [2.05, 4.69) is 15.8 Å². The Labute approximate surface area is 143 Å². The Morgan fingerprint density at radius 3 is 2.42 bits per heavy atom. The molecule has 1 amide bonds. The van der Waals surface area contributed by atoms with Crippen LogP contribution < -0.4 is 10.7 Å². The molecule has 0 saturated heterocycles. The zero-order valence-electron chi connectivity index (χ0n) is 12.8. The lowest BCUT2D eigenvalue weighted by Gasteiger charge is -2.13. The number of carbonyl (C=O) groups excluding carboxylic acids is 1. The van der Waals surface area contributed by atoms with Crippen LogP contribution in [0.3, 0.4) is 0 Å². The fraction of sp³-hybridized carbons (Fsp3) is 0.125. The van der Waals surface area contributed by atoms with Crippen molar-refractivity contribution in [3.8, 4) is 0 Å². The van der Waals surface area contributed by atoms with Crippen LogP contribution in [-0.2, 0) is 4.79 Å². The standard InChI is InChI=1S/C16H15ClN4O3/c1-11(19-14-6-4-13(17)5-7-14)16(22)20-18-10-12-2-8-15(9-3-12)21(23)24/h2-11,19H,1H3,(H,20,22). The van der Waals surface area contributed by atoms with E-state index in [0.717, 1.165) is 5.69 Å². The number of benzene rings is 2. The molecule has 0 spiro atoms. The number of nitrogens with zero attached hydrogens (tertiary/aromatic N) is 2. The first-order chi connectivity index (χ1) is 11.5. The number of halogens is 1. The van der Waals surface area contributed by atoms with Crippen LogP contribution in [0.4, 0.5) is 11.4 Å². The molecule has 0 aliphatic rings. The van der Waals surface area contributed by atoms with Gasteiger partial charge in [-0.2, -0.15) is 5.10 Å². The van der Waals surface area contributed by atoms with Crippen molar-refractivity contribution in [2.24, 2.45) is 5.10 Å². The van der Waals surface area contributed by atoms with Gasteiger partial charge in [-0.15, -0.1) is 0 Å². The van der Waals surface area contributed by atoms with Gasteiger partial charge in [-0.1, -0.05) is 11.6 Å². The molecular weight excluding hydrogens is 332 g/mol. The maximum atomic E-state index is 11.9. The first-order valence-corrected chi connectivity index (χ1v) is 7.43. The van der Waals surface area contributed by atoms with Crippen molar-refractivity contribution < 1.29 is 9.72 Å². The molecule has 2 rings (SSSR count). The molecule has 1 atom stereocenters. The van der Waals surface area contributed by atoms with Crippen molar-refractivity contribution in [3.05, 3.63) is 69.2 Å². The molecule has 0 saturated carbocycles. The van der Waals surface area contributed by atoms with Crippen molar-refractivity contribution in [2.75, 3.05) is 5.32 Å². The van der Waals surface area contributed by atoms with E-state index in [1.54, 1.807) is 43.3 Å². The third-order valence-electron chi connectivity index (χ3n) is 3.11. The van der Waals surface area contributed by atoms with Gasteiger partial charge in [0.05, 0.1) is 11.1 Å². The highest BCUT2D eigenvalue weighted by molar-refractivity contribution is 6.30. The number of nitro benzene ring substituents is 1. The molecule has 0 radical (unpaired) electrons. The minimum atomic E-state index is -0.500. The highest BCUT2D eigenvalue weighted by atomic mass is 35.5. The Kier molecular flexibility index (Phi) is 5.86. The summed E-state index contributed by atoms with van der Waals surface area (Å²) in [5.41, 5.74) is 3.81. The lowest BCUT2D eigenvalue weighted by Crippen LogP contribution is -2.34. The van der Waals surface area contributed by atoms with Gasteiger partial charge in [0.2, 0.25) is 0 Å². The number of hydrogen-bond acceptors (Lipinski definition) is 5. The Hall–Kier alpha value is -2.93. The SMILES string of the molecule is CC(Nc1ccc(Cl)cc1)C(=O)NN=Cc1ccc([N+](=O)[O-])cc1. The molecule has 2 N–H and O–H groups in total. The van der Waals surface area contributed by atoms with Crippen molar-refractivity contribution in [2.45, 2.75) is 13.0 Å². The molecule has 0 aliphatic heterocycles. The van der Waals surface area contributed by atoms with Crippen molar-refractivity contribution in [3.63, 3.8) is 0 Å². The average Bonchev–Trinajstić information content (AvgIpc) is 2.57. The number of non-ortho nitro benzene ring substituents is 1. The van der Waals surface area contributed by atoms with E-state index in [1.807, 2.05) is 0 Å². The molecule has 124 valence electrons. The van der Waals surface area contributed by atoms with E-state index in [1.165, 1.54) is 18.3 Å². The summed E-state index contributed by atoms with van der Waals surface area (Å²) in [4.78, 5) is 22.0. The minimum Gasteiger partial charge on any atom is -0.374 e. The highest BCUT2D eigenvalue weighted by Crippen LogP contribution is 2.14. The van der Waals surface area contributed by atoms with E-state index < -0.39 is 11.0 Å². The number of carbonyl (C=O) groups is 1. The summed E-state index contributed by atoms with van der Waals surface area (Å²) in [6, 6.07) is 12.3. The molecule has 0 heterocycles. The fourth-order valence-corrected chi connectivity index (χ4v) is 1.94. The van der Waals surface area contributed by atoms with Crippen LogP contribution in [0, 0.1) is 10.1 Å². The normalized spacial score (nSPS) is 11.9. The first kappa shape index (κ1) is 17.4. The van der Waals surface area contributed by atoms with Gasteiger partial charge in [-0.05, 0) is 48.9 Å². The zero-order valence-corrected chi connectivity index (χ0v) is 13.5. The van der Waals surface area contributed by atoms with E-state index in [9.17, 15) is 14.9 Å². The lowest BCUT2D eigenvalue weighted by molar-refractivity contribution is -0.384. The van der Waals surface area contributed by atoms with Crippen molar-refractivity contribution in [1.29, 1.82) is 0 Å². The second-order valence-corrected chi connectivity index (χ2v) is 5.39. The van der Waals surface area contributed by atoms with Crippen molar-refractivity contribution >= 4 is 35.1 Å². The molecule has 24 heavy (non-hydrogen) atoms. The Morgan fingerprint density at radius 2 is 1.83 bits per heavy atom. The number of nitro groups is 1. The predicted molar refractivity (Wildman–Crippen MR) is 93.4 cm³/mol. The van der Waals surface area contributed by atoms with Crippen LogP contribution >= 0.6 is 11.6 Å². The Bertz CT molecular complexity index is 745. The first-order valence-electron chi connectivity index (χ1n) is 7.05. The zero-order chi connectivity index (χ0) is 17.5. The molecular formula is C16H15ClN4O3. The van der Waals surface area contributed by atoms with E-state index >= 15 is 0 Å². The minimum absolute atomic E-state index is 0.00280. The monoisotopic (exact) mass is 346 g/mol. The van der Waals surface area contributed by atoms with Crippen molar-refractivity contribution in [1.82, 2.24) is 5.43 Å². The maximum absolute atomic E-state index is 11.9. The number of hydrazone groups is 1. The van der Waals surface area contributed by atoms with Gasteiger partial charge in [0.1, 0.15) is 6.04 Å². The van der Waals surface area contributed by atoms with Gasteiger partial charge < -0.3 is 5.32 Å². The number of rotatable bonds is 6. The summed E-state index contributed by atoms with van der Waals surface area (Å²) in [6.07, 6.45) is 1.41. The van der Waals surface area contributed by atoms with E-state index in [0.29, 0.717) is 10.6 Å². The summed E-state index contributed by atoms with van der Waals surface area (Å²) >= 11 is 5.80. The largest absolute Gasteiger partial charge is 0.374 e. The van der Waals surface area contributed by atoms with Gasteiger partial charge in [0.25, 0.3) is 11.6 Å². The quantitative estimate of drug-likeness (QED) is 0.477. The highest BCUT2D eigenvalue weighted by Gasteiger charge is 2.11. The third kappa shape index (κ3) is 5.06. The van der Waals surface area contributed by atoms with Crippen LogP contribution in [0.2, 0.25) is 5.02 Å². The molecule has 2 aromatic rings. The molecule has 1 unspecified atom stereocenters. The van der Waals surface area contributed by atoms with Crippen LogP contribution in [0.1, 0.15) is 12.5 Å². The fourth-order valence-electron chi connectivity index (χ4n) is 1.81. The maximum Gasteiger partial charge on any atom is 0.269 e. The summed E-state index contributed by atoms with van der Waals surface area (Å²) < 4.78 is 0. The predicted octanol–water partition coefficient (Wildman–Crippen LogP) is 3.20. The van der Waals surface area contributed by atoms with Gasteiger partial charge in [-0.3, -0.25) is 14.9 Å². The smallest absolute Gasteiger partial charge is 0.269 e. The Morgan fingerprint density at radius 1 is 1.21 bits per heavy atom. The lowest BCUT2D eigenvalue weighted by atomic mass is 10.2. The molecule has 7 nitrogen and oxygen atoms in total. The Balaban J connectivity index is 1.87. The second-order valence-electron chi connectivity index (χ2n) is 4.96. The average molecular weight is 347 g/mol. The van der Waals surface area contributed by atoms with E-state index in [4.69, 9.17) is 11.6 Å². The van der Waals surface area contributed by atoms with Crippen LogP contribution in [-0.4, -0.2) is 23.1 Å². The van der Waals surface area contributed by atoms with Gasteiger partial charge in [0, 0.05) is 22.8 Å². The van der Waals surface area contributed by atoms with Gasteiger partial charge >= 0.3 is 0 Å². The summed E-state index contributed by atoms with van der Waals surface area (Å²) in [7, 11) is 0. The topological polar surface area (TPSA) is 96.6 Å². The molecule has 8 heteroatoms. The molecule has 2 aromatic carbocycles. The number of anilines is 1. The summed E-state index contributed by atoms with van der Waals surface area (Å²) in [6.45, 7) is 1.70. The molecule has 0 bridgehead atoms. The van der Waals surface area contributed by atoms with Gasteiger partial charge in [0.15, 0.2) is 0 Å². The number of nitrogens with one attached hydrogen (secondary N) is 2. The molecule has 0 aromatic heterocycles. The number of hydrogen-bond donors (Lipinski definition) is 2. The number of amides is 1.